The van der Waals surface area contributed by atoms with E-state index in [1.807, 2.05) is 0 Å². The molecule has 0 aromatic carbocycles. The molecular weight excluding hydrogens is 230 g/mol. The van der Waals surface area contributed by atoms with Gasteiger partial charge in [0.1, 0.15) is 0 Å². The lowest BCUT2D eigenvalue weighted by Crippen LogP contribution is -2.41. The smallest absolute Gasteiger partial charge is 0.231 e. The highest BCUT2D eigenvalue weighted by Gasteiger charge is 2.23. The lowest BCUT2D eigenvalue weighted by atomic mass is 10.2. The number of nitrogen functional groups attached to an aromatic ring is 1. The molecule has 1 aromatic heterocycles. The topological polar surface area (TPSA) is 90.2 Å². The van der Waals surface area contributed by atoms with E-state index in [1.54, 1.807) is 17.1 Å². The normalized spacial score (nSPS) is 16.5. The number of anilines is 1. The molecule has 0 atom stereocenters. The van der Waals surface area contributed by atoms with Gasteiger partial charge in [-0.15, -0.1) is 0 Å². The summed E-state index contributed by atoms with van der Waals surface area (Å²) in [5.41, 5.74) is 11.6. The zero-order valence-corrected chi connectivity index (χ0v) is 10.6. The van der Waals surface area contributed by atoms with Crippen LogP contribution >= 0.6 is 0 Å². The Kier molecular flexibility index (Phi) is 4.19. The van der Waals surface area contributed by atoms with Gasteiger partial charge < -0.3 is 11.5 Å². The predicted octanol–water partition coefficient (Wildman–Crippen LogP) is 0.195. The summed E-state index contributed by atoms with van der Waals surface area (Å²) in [5.74, 6) is -0.262. The molecule has 18 heavy (non-hydrogen) atoms. The van der Waals surface area contributed by atoms with Gasteiger partial charge in [0.15, 0.2) is 0 Å². The standard InChI is InChI=1S/C12H21N5O/c13-10-7-15-17(8-10)6-5-16(9-12(14)18)11-3-1-2-4-11/h7-8,11H,1-6,9,13H2,(H2,14,18). The van der Waals surface area contributed by atoms with Gasteiger partial charge in [0.2, 0.25) is 5.91 Å². The lowest BCUT2D eigenvalue weighted by Gasteiger charge is -2.27. The second-order valence-electron chi connectivity index (χ2n) is 4.91. The predicted molar refractivity (Wildman–Crippen MR) is 69.7 cm³/mol. The third-order valence-corrected chi connectivity index (χ3v) is 3.47. The molecule has 1 heterocycles. The zero-order valence-electron chi connectivity index (χ0n) is 10.6. The number of amides is 1. The molecule has 0 aliphatic heterocycles. The molecule has 6 heteroatoms. The van der Waals surface area contributed by atoms with Gasteiger partial charge in [0.05, 0.1) is 25.0 Å². The molecule has 0 saturated heterocycles. The van der Waals surface area contributed by atoms with Gasteiger partial charge in [-0.3, -0.25) is 14.4 Å². The second kappa shape index (κ2) is 5.86. The highest BCUT2D eigenvalue weighted by Crippen LogP contribution is 2.23. The van der Waals surface area contributed by atoms with E-state index in [2.05, 4.69) is 10.00 Å². The fourth-order valence-corrected chi connectivity index (χ4v) is 2.59. The van der Waals surface area contributed by atoms with Crippen molar-refractivity contribution < 1.29 is 4.79 Å². The molecule has 1 amide bonds. The Morgan fingerprint density at radius 1 is 1.50 bits per heavy atom. The van der Waals surface area contributed by atoms with Crippen LogP contribution in [0.15, 0.2) is 12.4 Å². The number of carbonyl (C=O) groups excluding carboxylic acids is 1. The molecule has 1 aliphatic rings. The summed E-state index contributed by atoms with van der Waals surface area (Å²) in [6.45, 7) is 1.86. The van der Waals surface area contributed by atoms with E-state index in [9.17, 15) is 4.79 Å². The number of aromatic nitrogens is 2. The molecule has 100 valence electrons. The molecule has 4 N–H and O–H groups in total. The van der Waals surface area contributed by atoms with Gasteiger partial charge >= 0.3 is 0 Å². The fraction of sp³-hybridized carbons (Fsp3) is 0.667. The van der Waals surface area contributed by atoms with E-state index in [0.29, 0.717) is 18.3 Å². The Morgan fingerprint density at radius 2 is 2.22 bits per heavy atom. The van der Waals surface area contributed by atoms with E-state index in [1.165, 1.54) is 12.8 Å². The first-order valence-corrected chi connectivity index (χ1v) is 6.45. The molecule has 0 spiro atoms. The summed E-state index contributed by atoms with van der Waals surface area (Å²) in [6.07, 6.45) is 8.25. The maximum Gasteiger partial charge on any atom is 0.231 e. The van der Waals surface area contributed by atoms with Gasteiger partial charge in [-0.2, -0.15) is 5.10 Å². The van der Waals surface area contributed by atoms with Crippen LogP contribution < -0.4 is 11.5 Å². The lowest BCUT2D eigenvalue weighted by molar-refractivity contribution is -0.119. The van der Waals surface area contributed by atoms with E-state index < -0.39 is 0 Å². The van der Waals surface area contributed by atoms with E-state index in [0.717, 1.165) is 25.9 Å². The number of hydrogen-bond acceptors (Lipinski definition) is 4. The first kappa shape index (κ1) is 12.9. The van der Waals surface area contributed by atoms with Crippen molar-refractivity contribution in [3.63, 3.8) is 0 Å². The third kappa shape index (κ3) is 3.46. The second-order valence-corrected chi connectivity index (χ2v) is 4.91. The zero-order chi connectivity index (χ0) is 13.0. The van der Waals surface area contributed by atoms with Crippen LogP contribution in [0.2, 0.25) is 0 Å². The molecule has 1 saturated carbocycles. The molecule has 0 unspecified atom stereocenters. The number of nitrogens with zero attached hydrogens (tertiary/aromatic N) is 3. The quantitative estimate of drug-likeness (QED) is 0.755. The van der Waals surface area contributed by atoms with Gasteiger partial charge in [0, 0.05) is 18.8 Å². The van der Waals surface area contributed by atoms with Crippen molar-refractivity contribution in [2.24, 2.45) is 5.73 Å². The van der Waals surface area contributed by atoms with Crippen molar-refractivity contribution in [3.8, 4) is 0 Å². The van der Waals surface area contributed by atoms with Crippen LogP contribution in [0.25, 0.3) is 0 Å². The van der Waals surface area contributed by atoms with Gasteiger partial charge in [-0.1, -0.05) is 12.8 Å². The first-order valence-electron chi connectivity index (χ1n) is 6.45. The van der Waals surface area contributed by atoms with Gasteiger partial charge in [0.25, 0.3) is 0 Å². The minimum absolute atomic E-state index is 0.262. The molecule has 2 rings (SSSR count). The van der Waals surface area contributed by atoms with Crippen LogP contribution in [0.3, 0.4) is 0 Å². The van der Waals surface area contributed by atoms with Crippen molar-refractivity contribution in [3.05, 3.63) is 12.4 Å². The highest BCUT2D eigenvalue weighted by molar-refractivity contribution is 5.75. The van der Waals surface area contributed by atoms with Crippen molar-refractivity contribution in [1.29, 1.82) is 0 Å². The SMILES string of the molecule is NC(=O)CN(CCn1cc(N)cn1)C1CCCC1. The number of rotatable bonds is 6. The Morgan fingerprint density at radius 3 is 2.78 bits per heavy atom. The van der Waals surface area contributed by atoms with Gasteiger partial charge in [-0.05, 0) is 12.8 Å². The summed E-state index contributed by atoms with van der Waals surface area (Å²) in [5, 5.41) is 4.14. The maximum absolute atomic E-state index is 11.1. The maximum atomic E-state index is 11.1. The minimum Gasteiger partial charge on any atom is -0.396 e. The molecule has 0 radical (unpaired) electrons. The Balaban J connectivity index is 1.89. The summed E-state index contributed by atoms with van der Waals surface area (Å²) in [6, 6.07) is 0.491. The van der Waals surface area contributed by atoms with Crippen LogP contribution in [0.4, 0.5) is 5.69 Å². The summed E-state index contributed by atoms with van der Waals surface area (Å²) >= 11 is 0. The fourth-order valence-electron chi connectivity index (χ4n) is 2.59. The molecule has 0 bridgehead atoms. The molecule has 1 fully saturated rings. The van der Waals surface area contributed by atoms with E-state index in [4.69, 9.17) is 11.5 Å². The number of nitrogens with two attached hydrogens (primary N) is 2. The number of carbonyl (C=O) groups is 1. The Bertz CT molecular complexity index is 397. The van der Waals surface area contributed by atoms with Crippen LogP contribution in [0.1, 0.15) is 25.7 Å². The number of primary amides is 1. The van der Waals surface area contributed by atoms with Crippen molar-refractivity contribution in [2.75, 3.05) is 18.8 Å². The Hall–Kier alpha value is -1.56. The first-order chi connectivity index (χ1) is 8.65. The van der Waals surface area contributed by atoms with E-state index >= 15 is 0 Å². The number of hydrogen-bond donors (Lipinski definition) is 2. The molecule has 1 aliphatic carbocycles. The third-order valence-electron chi connectivity index (χ3n) is 3.47. The van der Waals surface area contributed by atoms with Crippen LogP contribution in [-0.2, 0) is 11.3 Å². The summed E-state index contributed by atoms with van der Waals surface area (Å²) in [7, 11) is 0. The van der Waals surface area contributed by atoms with Crippen molar-refractivity contribution in [1.82, 2.24) is 14.7 Å². The summed E-state index contributed by atoms with van der Waals surface area (Å²) in [4.78, 5) is 13.3. The molecular formula is C12H21N5O. The monoisotopic (exact) mass is 251 g/mol. The average molecular weight is 251 g/mol. The van der Waals surface area contributed by atoms with Crippen LogP contribution in [0, 0.1) is 0 Å². The van der Waals surface area contributed by atoms with Crippen LogP contribution in [-0.4, -0.2) is 39.7 Å². The van der Waals surface area contributed by atoms with Gasteiger partial charge in [-0.25, -0.2) is 0 Å². The van der Waals surface area contributed by atoms with Crippen molar-refractivity contribution in [2.45, 2.75) is 38.3 Å². The summed E-state index contributed by atoms with van der Waals surface area (Å²) < 4.78 is 1.80. The molecule has 1 aromatic rings. The largest absolute Gasteiger partial charge is 0.396 e. The van der Waals surface area contributed by atoms with E-state index in [-0.39, 0.29) is 5.91 Å². The average Bonchev–Trinajstić information content (AvgIpc) is 2.94. The Labute approximate surface area is 107 Å². The molecule has 6 nitrogen and oxygen atoms in total. The van der Waals surface area contributed by atoms with Crippen LogP contribution in [0.5, 0.6) is 0 Å². The van der Waals surface area contributed by atoms with Crippen molar-refractivity contribution >= 4 is 11.6 Å². The minimum atomic E-state index is -0.262. The highest BCUT2D eigenvalue weighted by atomic mass is 16.1.